The smallest absolute Gasteiger partial charge is 0.0125 e. The van der Waals surface area contributed by atoms with Gasteiger partial charge >= 0.3 is 0 Å². The van der Waals surface area contributed by atoms with Crippen molar-refractivity contribution in [2.75, 3.05) is 0 Å². The summed E-state index contributed by atoms with van der Waals surface area (Å²) in [6.45, 7) is 0. The van der Waals surface area contributed by atoms with Gasteiger partial charge in [-0.25, -0.2) is 0 Å². The molecule has 0 spiro atoms. The molecule has 0 bridgehead atoms. The van der Waals surface area contributed by atoms with Gasteiger partial charge in [0.2, 0.25) is 0 Å². The Balaban J connectivity index is 1.97. The molecule has 1 radical (unpaired) electrons. The third-order valence-electron chi connectivity index (χ3n) is 2.18. The van der Waals surface area contributed by atoms with E-state index in [0.717, 1.165) is 0 Å². The van der Waals surface area contributed by atoms with Gasteiger partial charge in [0.15, 0.2) is 0 Å². The Labute approximate surface area is 90.9 Å². The highest BCUT2D eigenvalue weighted by atomic mass is 13.9. The van der Waals surface area contributed by atoms with Gasteiger partial charge in [-0.15, -0.1) is 0 Å². The predicted octanol–water partition coefficient (Wildman–Crippen LogP) is 3.95. The van der Waals surface area contributed by atoms with Gasteiger partial charge in [0.1, 0.15) is 0 Å². The summed E-state index contributed by atoms with van der Waals surface area (Å²) in [7, 11) is 0. The number of hydrogen-bond donors (Lipinski definition) is 0. The van der Waals surface area contributed by atoms with Crippen LogP contribution in [0.3, 0.4) is 0 Å². The van der Waals surface area contributed by atoms with Crippen molar-refractivity contribution in [1.82, 2.24) is 0 Å². The highest BCUT2D eigenvalue weighted by Crippen LogP contribution is 2.06. The lowest BCUT2D eigenvalue weighted by Crippen LogP contribution is -1.75. The van der Waals surface area contributed by atoms with E-state index < -0.39 is 0 Å². The molecule has 0 nitrogen and oxygen atoms in total. The van der Waals surface area contributed by atoms with Gasteiger partial charge in [0.25, 0.3) is 0 Å². The van der Waals surface area contributed by atoms with E-state index in [2.05, 4.69) is 42.8 Å². The largest absolute Gasteiger partial charge is 0.0755 e. The Morgan fingerprint density at radius 1 is 0.600 bits per heavy atom. The maximum absolute atomic E-state index is 2.10. The van der Waals surface area contributed by atoms with Crippen LogP contribution < -0.4 is 0 Å². The number of hydrogen-bond acceptors (Lipinski definition) is 0. The van der Waals surface area contributed by atoms with Crippen molar-refractivity contribution in [3.63, 3.8) is 0 Å². The molecule has 0 heterocycles. The second kappa shape index (κ2) is 5.16. The SMILES string of the molecule is [CH](/C=C\c1ccccc1)c1ccccc1. The summed E-state index contributed by atoms with van der Waals surface area (Å²) in [6, 6.07) is 20.6. The summed E-state index contributed by atoms with van der Waals surface area (Å²) in [5.41, 5.74) is 2.45. The van der Waals surface area contributed by atoms with Gasteiger partial charge in [0, 0.05) is 6.42 Å². The van der Waals surface area contributed by atoms with E-state index in [-0.39, 0.29) is 0 Å². The molecular weight excluding hydrogens is 180 g/mol. The van der Waals surface area contributed by atoms with Gasteiger partial charge < -0.3 is 0 Å². The van der Waals surface area contributed by atoms with Crippen molar-refractivity contribution in [3.8, 4) is 0 Å². The lowest BCUT2D eigenvalue weighted by atomic mass is 10.1. The van der Waals surface area contributed by atoms with E-state index >= 15 is 0 Å². The minimum absolute atomic E-state index is 1.23. The Morgan fingerprint density at radius 3 is 1.73 bits per heavy atom. The fourth-order valence-electron chi connectivity index (χ4n) is 1.40. The number of rotatable bonds is 3. The van der Waals surface area contributed by atoms with Crippen LogP contribution in [-0.2, 0) is 0 Å². The first-order chi connectivity index (χ1) is 7.45. The Bertz CT molecular complexity index is 412. The standard InChI is InChI=1S/C15H13/c1-3-8-14(9-4-1)12-7-13-15-10-5-2-6-11-15/h1-13H/b12-7-. The van der Waals surface area contributed by atoms with E-state index in [9.17, 15) is 0 Å². The van der Waals surface area contributed by atoms with E-state index in [1.54, 1.807) is 0 Å². The van der Waals surface area contributed by atoms with Crippen molar-refractivity contribution >= 4 is 6.08 Å². The van der Waals surface area contributed by atoms with Crippen LogP contribution in [0.2, 0.25) is 0 Å². The van der Waals surface area contributed by atoms with Crippen LogP contribution in [0.1, 0.15) is 11.1 Å². The molecule has 0 N–H and O–H groups in total. The molecule has 0 amide bonds. The molecule has 2 aromatic rings. The quantitative estimate of drug-likeness (QED) is 0.692. The van der Waals surface area contributed by atoms with Crippen molar-refractivity contribution in [3.05, 3.63) is 84.3 Å². The molecule has 0 saturated heterocycles. The molecule has 0 fully saturated rings. The third-order valence-corrected chi connectivity index (χ3v) is 2.18. The molecule has 0 aliphatic rings. The maximum Gasteiger partial charge on any atom is 0.0125 e. The second-order valence-electron chi connectivity index (χ2n) is 3.35. The topological polar surface area (TPSA) is 0 Å². The molecule has 0 atom stereocenters. The fourth-order valence-corrected chi connectivity index (χ4v) is 1.40. The average Bonchev–Trinajstić information content (AvgIpc) is 2.32. The first-order valence-corrected chi connectivity index (χ1v) is 5.07. The van der Waals surface area contributed by atoms with Gasteiger partial charge in [-0.1, -0.05) is 72.8 Å². The third kappa shape index (κ3) is 3.10. The Hall–Kier alpha value is -1.82. The van der Waals surface area contributed by atoms with Gasteiger partial charge in [-0.3, -0.25) is 0 Å². The first-order valence-electron chi connectivity index (χ1n) is 5.07. The number of allylic oxidation sites excluding steroid dienone is 1. The second-order valence-corrected chi connectivity index (χ2v) is 3.35. The predicted molar refractivity (Wildman–Crippen MR) is 65.3 cm³/mol. The Kier molecular flexibility index (Phi) is 3.34. The highest BCUT2D eigenvalue weighted by Gasteiger charge is 1.87. The minimum atomic E-state index is 1.23. The zero-order chi connectivity index (χ0) is 10.3. The molecule has 0 aliphatic carbocycles. The van der Waals surface area contributed by atoms with Crippen LogP contribution in [0.15, 0.2) is 66.7 Å². The molecule has 2 aromatic carbocycles. The molecule has 0 saturated carbocycles. The molecule has 73 valence electrons. The van der Waals surface area contributed by atoms with Crippen LogP contribution in [0.25, 0.3) is 6.08 Å². The summed E-state index contributed by atoms with van der Waals surface area (Å²) >= 11 is 0. The monoisotopic (exact) mass is 193 g/mol. The summed E-state index contributed by atoms with van der Waals surface area (Å²) < 4.78 is 0. The average molecular weight is 193 g/mol. The first kappa shape index (κ1) is 9.72. The Morgan fingerprint density at radius 2 is 1.13 bits per heavy atom. The van der Waals surface area contributed by atoms with E-state index in [1.807, 2.05) is 36.4 Å². The summed E-state index contributed by atoms with van der Waals surface area (Å²) in [4.78, 5) is 0. The van der Waals surface area contributed by atoms with E-state index in [4.69, 9.17) is 0 Å². The van der Waals surface area contributed by atoms with E-state index in [1.165, 1.54) is 11.1 Å². The number of benzene rings is 2. The van der Waals surface area contributed by atoms with Crippen LogP contribution in [0.5, 0.6) is 0 Å². The fraction of sp³-hybridized carbons (Fsp3) is 0. The van der Waals surface area contributed by atoms with Crippen molar-refractivity contribution in [2.45, 2.75) is 0 Å². The highest BCUT2D eigenvalue weighted by molar-refractivity contribution is 5.51. The maximum atomic E-state index is 2.10. The van der Waals surface area contributed by atoms with Gasteiger partial charge in [-0.05, 0) is 11.1 Å². The molecule has 2 rings (SSSR count). The normalized spacial score (nSPS) is 10.7. The molecule has 0 unspecified atom stereocenters. The van der Waals surface area contributed by atoms with Crippen LogP contribution in [0.4, 0.5) is 0 Å². The molecule has 15 heavy (non-hydrogen) atoms. The summed E-state index contributed by atoms with van der Waals surface area (Å²) in [5.74, 6) is 0. The van der Waals surface area contributed by atoms with E-state index in [0.29, 0.717) is 0 Å². The van der Waals surface area contributed by atoms with Crippen LogP contribution in [0, 0.1) is 6.42 Å². The van der Waals surface area contributed by atoms with Gasteiger partial charge in [-0.2, -0.15) is 0 Å². The molecule has 0 aromatic heterocycles. The zero-order valence-electron chi connectivity index (χ0n) is 8.51. The van der Waals surface area contributed by atoms with Crippen LogP contribution in [-0.4, -0.2) is 0 Å². The lowest BCUT2D eigenvalue weighted by Gasteiger charge is -1.94. The summed E-state index contributed by atoms with van der Waals surface area (Å²) in [5, 5.41) is 0. The van der Waals surface area contributed by atoms with Crippen molar-refractivity contribution < 1.29 is 0 Å². The van der Waals surface area contributed by atoms with Crippen molar-refractivity contribution in [1.29, 1.82) is 0 Å². The zero-order valence-corrected chi connectivity index (χ0v) is 8.51. The molecular formula is C15H13. The minimum Gasteiger partial charge on any atom is -0.0755 e. The summed E-state index contributed by atoms with van der Waals surface area (Å²) in [6.07, 6.45) is 6.28. The van der Waals surface area contributed by atoms with Crippen LogP contribution >= 0.6 is 0 Å². The molecule has 0 heteroatoms. The van der Waals surface area contributed by atoms with Gasteiger partial charge in [0.05, 0.1) is 0 Å². The van der Waals surface area contributed by atoms with Crippen molar-refractivity contribution in [2.24, 2.45) is 0 Å². The lowest BCUT2D eigenvalue weighted by molar-refractivity contribution is 1.53. The molecule has 0 aliphatic heterocycles.